The number of esters is 1. The third-order valence-corrected chi connectivity index (χ3v) is 4.11. The number of carbonyl (C=O) groups excluding carboxylic acids is 1. The highest BCUT2D eigenvalue weighted by molar-refractivity contribution is 5.86. The molecule has 2 aromatic carbocycles. The number of ether oxygens (including phenoxy) is 1. The smallest absolute Gasteiger partial charge is 0.306 e. The fourth-order valence-electron chi connectivity index (χ4n) is 2.92. The first kappa shape index (κ1) is 16.2. The summed E-state index contributed by atoms with van der Waals surface area (Å²) in [5, 5.41) is 2.30. The van der Waals surface area contributed by atoms with E-state index in [-0.39, 0.29) is 12.1 Å². The standard InChI is InChI=1S/C20H22N2O2/c1-2-6-20(23)24-19(11-13-22-14-12-21-15-22)18-10-5-8-16-7-3-4-9-17(16)18/h3-5,7-10,12,14-15,19H,2,6,11,13H2,1H3. The normalized spacial score (nSPS) is 12.2. The number of imidazole rings is 1. The summed E-state index contributed by atoms with van der Waals surface area (Å²) in [5.41, 5.74) is 1.07. The van der Waals surface area contributed by atoms with Crippen LogP contribution in [0.2, 0.25) is 0 Å². The molecule has 0 spiro atoms. The molecule has 0 saturated carbocycles. The van der Waals surface area contributed by atoms with Gasteiger partial charge in [-0.1, -0.05) is 49.4 Å². The molecule has 0 radical (unpaired) electrons. The highest BCUT2D eigenvalue weighted by atomic mass is 16.5. The zero-order valence-corrected chi connectivity index (χ0v) is 13.9. The number of benzene rings is 2. The van der Waals surface area contributed by atoms with E-state index in [0.717, 1.165) is 35.7 Å². The van der Waals surface area contributed by atoms with E-state index < -0.39 is 0 Å². The van der Waals surface area contributed by atoms with E-state index in [0.29, 0.717) is 6.42 Å². The topological polar surface area (TPSA) is 44.1 Å². The molecule has 4 nitrogen and oxygen atoms in total. The van der Waals surface area contributed by atoms with Gasteiger partial charge in [0.05, 0.1) is 6.33 Å². The summed E-state index contributed by atoms with van der Waals surface area (Å²) in [6.07, 6.45) is 7.19. The van der Waals surface area contributed by atoms with Gasteiger partial charge < -0.3 is 9.30 Å². The quantitative estimate of drug-likeness (QED) is 0.601. The fourth-order valence-corrected chi connectivity index (χ4v) is 2.92. The lowest BCUT2D eigenvalue weighted by Crippen LogP contribution is -2.13. The first-order chi connectivity index (χ1) is 11.8. The van der Waals surface area contributed by atoms with Crippen LogP contribution in [0, 0.1) is 0 Å². The second-order valence-corrected chi connectivity index (χ2v) is 5.89. The Hall–Kier alpha value is -2.62. The molecule has 4 heteroatoms. The van der Waals surface area contributed by atoms with Crippen LogP contribution in [0.15, 0.2) is 61.2 Å². The van der Waals surface area contributed by atoms with Gasteiger partial charge in [-0.15, -0.1) is 0 Å². The number of carbonyl (C=O) groups is 1. The number of aryl methyl sites for hydroxylation is 1. The summed E-state index contributed by atoms with van der Waals surface area (Å²) < 4.78 is 7.82. The van der Waals surface area contributed by atoms with Gasteiger partial charge in [0, 0.05) is 37.3 Å². The van der Waals surface area contributed by atoms with Crippen molar-refractivity contribution in [2.45, 2.75) is 38.8 Å². The van der Waals surface area contributed by atoms with Gasteiger partial charge in [0.25, 0.3) is 0 Å². The third kappa shape index (κ3) is 3.82. The fraction of sp³-hybridized carbons (Fsp3) is 0.300. The maximum atomic E-state index is 12.1. The molecular formula is C20H22N2O2. The molecular weight excluding hydrogens is 300 g/mol. The van der Waals surface area contributed by atoms with Crippen LogP contribution in [0.25, 0.3) is 10.8 Å². The Morgan fingerprint density at radius 1 is 1.21 bits per heavy atom. The molecule has 3 rings (SSSR count). The van der Waals surface area contributed by atoms with Gasteiger partial charge in [-0.05, 0) is 17.2 Å². The number of hydrogen-bond donors (Lipinski definition) is 0. The summed E-state index contributed by atoms with van der Waals surface area (Å²) in [4.78, 5) is 16.2. The number of rotatable bonds is 7. The van der Waals surface area contributed by atoms with E-state index in [4.69, 9.17) is 4.74 Å². The van der Waals surface area contributed by atoms with Crippen molar-refractivity contribution < 1.29 is 9.53 Å². The summed E-state index contributed by atoms with van der Waals surface area (Å²) in [6.45, 7) is 2.74. The van der Waals surface area contributed by atoms with E-state index in [2.05, 4.69) is 29.2 Å². The van der Waals surface area contributed by atoms with Crippen molar-refractivity contribution >= 4 is 16.7 Å². The molecule has 0 amide bonds. The van der Waals surface area contributed by atoms with Crippen LogP contribution in [-0.2, 0) is 16.1 Å². The van der Waals surface area contributed by atoms with Crippen LogP contribution >= 0.6 is 0 Å². The minimum absolute atomic E-state index is 0.138. The van der Waals surface area contributed by atoms with Crippen LogP contribution in [0.4, 0.5) is 0 Å². The second-order valence-electron chi connectivity index (χ2n) is 5.89. The maximum Gasteiger partial charge on any atom is 0.306 e. The van der Waals surface area contributed by atoms with Crippen molar-refractivity contribution in [3.05, 3.63) is 66.7 Å². The van der Waals surface area contributed by atoms with E-state index in [1.165, 1.54) is 0 Å². The SMILES string of the molecule is CCCC(=O)OC(CCn1ccnc1)c1cccc2ccccc12. The number of hydrogen-bond acceptors (Lipinski definition) is 3. The number of aromatic nitrogens is 2. The Balaban J connectivity index is 1.88. The van der Waals surface area contributed by atoms with Crippen LogP contribution in [0.5, 0.6) is 0 Å². The van der Waals surface area contributed by atoms with Crippen LogP contribution < -0.4 is 0 Å². The molecule has 0 bridgehead atoms. The van der Waals surface area contributed by atoms with E-state index in [9.17, 15) is 4.79 Å². The molecule has 0 N–H and O–H groups in total. The lowest BCUT2D eigenvalue weighted by molar-refractivity contribution is -0.150. The molecule has 1 atom stereocenters. The van der Waals surface area contributed by atoms with Crippen molar-refractivity contribution in [2.75, 3.05) is 0 Å². The van der Waals surface area contributed by atoms with Gasteiger partial charge in [-0.3, -0.25) is 4.79 Å². The average molecular weight is 322 g/mol. The Morgan fingerprint density at radius 3 is 2.83 bits per heavy atom. The van der Waals surface area contributed by atoms with Gasteiger partial charge in [0.15, 0.2) is 0 Å². The zero-order valence-electron chi connectivity index (χ0n) is 13.9. The number of nitrogens with zero attached hydrogens (tertiary/aromatic N) is 2. The largest absolute Gasteiger partial charge is 0.457 e. The van der Waals surface area contributed by atoms with Gasteiger partial charge in [0.1, 0.15) is 6.10 Å². The molecule has 1 unspecified atom stereocenters. The van der Waals surface area contributed by atoms with E-state index >= 15 is 0 Å². The van der Waals surface area contributed by atoms with E-state index in [1.54, 1.807) is 12.5 Å². The Bertz CT molecular complexity index is 791. The second kappa shape index (κ2) is 7.77. The van der Waals surface area contributed by atoms with Crippen LogP contribution in [0.1, 0.15) is 37.9 Å². The summed E-state index contributed by atoms with van der Waals surface area (Å²) >= 11 is 0. The van der Waals surface area contributed by atoms with E-state index in [1.807, 2.05) is 35.9 Å². The number of fused-ring (bicyclic) bond motifs is 1. The Morgan fingerprint density at radius 2 is 2.04 bits per heavy atom. The lowest BCUT2D eigenvalue weighted by Gasteiger charge is -2.20. The van der Waals surface area contributed by atoms with Crippen molar-refractivity contribution in [3.8, 4) is 0 Å². The summed E-state index contributed by atoms with van der Waals surface area (Å²) in [6, 6.07) is 14.4. The first-order valence-electron chi connectivity index (χ1n) is 8.41. The minimum atomic E-state index is -0.252. The molecule has 0 aliphatic heterocycles. The summed E-state index contributed by atoms with van der Waals surface area (Å²) in [5.74, 6) is -0.138. The molecule has 0 saturated heterocycles. The molecule has 1 heterocycles. The van der Waals surface area contributed by atoms with Crippen molar-refractivity contribution in [1.29, 1.82) is 0 Å². The predicted octanol–water partition coefficient (Wildman–Crippen LogP) is 4.51. The monoisotopic (exact) mass is 322 g/mol. The Labute approximate surface area is 142 Å². The molecule has 1 aromatic heterocycles. The molecule has 24 heavy (non-hydrogen) atoms. The average Bonchev–Trinajstić information content (AvgIpc) is 3.12. The maximum absolute atomic E-state index is 12.1. The lowest BCUT2D eigenvalue weighted by atomic mass is 9.98. The van der Waals surface area contributed by atoms with Crippen LogP contribution in [-0.4, -0.2) is 15.5 Å². The zero-order chi connectivity index (χ0) is 16.8. The van der Waals surface area contributed by atoms with Gasteiger partial charge >= 0.3 is 5.97 Å². The first-order valence-corrected chi connectivity index (χ1v) is 8.41. The van der Waals surface area contributed by atoms with Gasteiger partial charge in [0.2, 0.25) is 0 Å². The molecule has 3 aromatic rings. The molecule has 0 aliphatic rings. The predicted molar refractivity (Wildman–Crippen MR) is 94.5 cm³/mol. The molecule has 124 valence electrons. The van der Waals surface area contributed by atoms with Crippen LogP contribution in [0.3, 0.4) is 0 Å². The minimum Gasteiger partial charge on any atom is -0.457 e. The summed E-state index contributed by atoms with van der Waals surface area (Å²) in [7, 11) is 0. The highest BCUT2D eigenvalue weighted by Gasteiger charge is 2.18. The van der Waals surface area contributed by atoms with Gasteiger partial charge in [-0.25, -0.2) is 4.98 Å². The van der Waals surface area contributed by atoms with Gasteiger partial charge in [-0.2, -0.15) is 0 Å². The van der Waals surface area contributed by atoms with Crippen molar-refractivity contribution in [1.82, 2.24) is 9.55 Å². The molecule has 0 aliphatic carbocycles. The highest BCUT2D eigenvalue weighted by Crippen LogP contribution is 2.30. The van der Waals surface area contributed by atoms with Crippen molar-refractivity contribution in [3.63, 3.8) is 0 Å². The Kier molecular flexibility index (Phi) is 5.26. The third-order valence-electron chi connectivity index (χ3n) is 4.11. The molecule has 0 fully saturated rings. The van der Waals surface area contributed by atoms with Crippen molar-refractivity contribution in [2.24, 2.45) is 0 Å².